The van der Waals surface area contributed by atoms with E-state index < -0.39 is 5.97 Å². The highest BCUT2D eigenvalue weighted by Gasteiger charge is 2.24. The first-order chi connectivity index (χ1) is 15.5. The molecule has 6 nitrogen and oxygen atoms in total. The number of hydrogen-bond acceptors (Lipinski definition) is 6. The number of benzene rings is 2. The van der Waals surface area contributed by atoms with Gasteiger partial charge in [0.2, 0.25) is 0 Å². The molecule has 166 valence electrons. The third kappa shape index (κ3) is 5.80. The van der Waals surface area contributed by atoms with Crippen LogP contribution >= 0.6 is 11.6 Å². The summed E-state index contributed by atoms with van der Waals surface area (Å²) in [4.78, 5) is 16.8. The van der Waals surface area contributed by atoms with Crippen LogP contribution in [-0.4, -0.2) is 18.1 Å². The number of anilines is 3. The summed E-state index contributed by atoms with van der Waals surface area (Å²) in [6.45, 7) is 2.34. The second kappa shape index (κ2) is 11.2. The molecule has 32 heavy (non-hydrogen) atoms. The molecular formula is C25H26ClN3O3. The topological polar surface area (TPSA) is 86.5 Å². The van der Waals surface area contributed by atoms with Crippen molar-refractivity contribution in [2.45, 2.75) is 26.4 Å². The van der Waals surface area contributed by atoms with Gasteiger partial charge in [0.05, 0.1) is 12.8 Å². The quantitative estimate of drug-likeness (QED) is 0.374. The summed E-state index contributed by atoms with van der Waals surface area (Å²) < 4.78 is 11.1. The van der Waals surface area contributed by atoms with Crippen LogP contribution in [0.4, 0.5) is 17.2 Å². The highest BCUT2D eigenvalue weighted by atomic mass is 35.5. The van der Waals surface area contributed by atoms with Crippen molar-refractivity contribution in [3.05, 3.63) is 82.5 Å². The number of nitrogens with one attached hydrogen (secondary N) is 1. The number of ether oxygens (including phenoxy) is 2. The number of aromatic nitrogens is 1. The zero-order chi connectivity index (χ0) is 22.9. The Hall–Kier alpha value is -3.51. The van der Waals surface area contributed by atoms with E-state index in [0.717, 1.165) is 24.1 Å². The fourth-order valence-corrected chi connectivity index (χ4v) is 3.18. The number of rotatable bonds is 9. The average molecular weight is 452 g/mol. The predicted octanol–water partition coefficient (Wildman–Crippen LogP) is 6.24. The van der Waals surface area contributed by atoms with Gasteiger partial charge in [-0.2, -0.15) is 0 Å². The maximum absolute atomic E-state index is 12.5. The number of unbranched alkanes of at least 4 members (excludes halogenated alkanes) is 1. The molecule has 3 rings (SSSR count). The summed E-state index contributed by atoms with van der Waals surface area (Å²) in [7, 11) is 1.30. The Morgan fingerprint density at radius 2 is 1.88 bits per heavy atom. The maximum Gasteiger partial charge on any atom is 0.360 e. The van der Waals surface area contributed by atoms with Crippen molar-refractivity contribution in [3.63, 3.8) is 0 Å². The minimum Gasteiger partial charge on any atom is -0.486 e. The maximum atomic E-state index is 12.5. The van der Waals surface area contributed by atoms with Crippen molar-refractivity contribution < 1.29 is 14.3 Å². The van der Waals surface area contributed by atoms with Crippen LogP contribution in [0.1, 0.15) is 41.4 Å². The molecule has 0 aliphatic carbocycles. The van der Waals surface area contributed by atoms with Crippen molar-refractivity contribution in [2.24, 2.45) is 0 Å². The van der Waals surface area contributed by atoms with Crippen molar-refractivity contribution in [1.29, 1.82) is 0 Å². The van der Waals surface area contributed by atoms with Crippen LogP contribution in [0.3, 0.4) is 0 Å². The van der Waals surface area contributed by atoms with Crippen molar-refractivity contribution in [3.8, 4) is 5.75 Å². The lowest BCUT2D eigenvalue weighted by Crippen LogP contribution is -2.13. The summed E-state index contributed by atoms with van der Waals surface area (Å²) >= 11 is 6.01. The molecule has 0 spiro atoms. The molecule has 0 fully saturated rings. The summed E-state index contributed by atoms with van der Waals surface area (Å²) in [5.41, 5.74) is 9.19. The molecule has 1 aromatic heterocycles. The van der Waals surface area contributed by atoms with E-state index in [2.05, 4.69) is 17.2 Å². The Labute approximate surface area is 193 Å². The lowest BCUT2D eigenvalue weighted by Gasteiger charge is -2.19. The normalized spacial score (nSPS) is 10.8. The van der Waals surface area contributed by atoms with E-state index >= 15 is 0 Å². The Kier molecular flexibility index (Phi) is 8.11. The van der Waals surface area contributed by atoms with Crippen LogP contribution in [0, 0.1) is 0 Å². The van der Waals surface area contributed by atoms with E-state index in [0.29, 0.717) is 22.0 Å². The standard InChI is InChI=1S/C25H26ClN3O3/c1-3-4-6-11-20-21(28-19-14-12-18(26)13-15-19)24(27)29-22(25(30)31-2)23(20)32-16-17-9-7-5-8-10-17/h5-15,28H,3-4,16H2,1-2H3,(H2,27,29)/b11-6-. The largest absolute Gasteiger partial charge is 0.486 e. The zero-order valence-electron chi connectivity index (χ0n) is 18.1. The number of nitrogens with two attached hydrogens (primary N) is 1. The Bertz CT molecular complexity index is 1080. The molecule has 0 radical (unpaired) electrons. The molecule has 0 atom stereocenters. The zero-order valence-corrected chi connectivity index (χ0v) is 18.9. The van der Waals surface area contributed by atoms with Gasteiger partial charge in [-0.05, 0) is 36.2 Å². The number of methoxy groups -OCH3 is 1. The number of allylic oxidation sites excluding steroid dienone is 1. The molecule has 3 N–H and O–H groups in total. The van der Waals surface area contributed by atoms with Crippen molar-refractivity contribution in [1.82, 2.24) is 4.98 Å². The molecule has 0 bridgehead atoms. The number of hydrogen-bond donors (Lipinski definition) is 2. The van der Waals surface area contributed by atoms with Crippen LogP contribution in [-0.2, 0) is 11.3 Å². The van der Waals surface area contributed by atoms with E-state index in [-0.39, 0.29) is 18.1 Å². The molecule has 0 amide bonds. The van der Waals surface area contributed by atoms with E-state index in [9.17, 15) is 4.79 Å². The molecule has 2 aromatic carbocycles. The first-order valence-electron chi connectivity index (χ1n) is 10.3. The summed E-state index contributed by atoms with van der Waals surface area (Å²) in [5.74, 6) is -0.162. The second-order valence-corrected chi connectivity index (χ2v) is 7.49. The monoisotopic (exact) mass is 451 g/mol. The lowest BCUT2D eigenvalue weighted by molar-refractivity contribution is 0.0588. The molecular weight excluding hydrogens is 426 g/mol. The number of pyridine rings is 1. The van der Waals surface area contributed by atoms with Crippen molar-refractivity contribution >= 4 is 40.8 Å². The molecule has 0 unspecified atom stereocenters. The highest BCUT2D eigenvalue weighted by molar-refractivity contribution is 6.30. The Morgan fingerprint density at radius 3 is 2.53 bits per heavy atom. The van der Waals surface area contributed by atoms with Gasteiger partial charge in [0.15, 0.2) is 11.4 Å². The van der Waals surface area contributed by atoms with E-state index in [4.69, 9.17) is 26.8 Å². The summed E-state index contributed by atoms with van der Waals surface area (Å²) in [6, 6.07) is 16.9. The van der Waals surface area contributed by atoms with Gasteiger partial charge in [-0.25, -0.2) is 9.78 Å². The van der Waals surface area contributed by atoms with Crippen LogP contribution in [0.25, 0.3) is 6.08 Å². The van der Waals surface area contributed by atoms with Crippen LogP contribution < -0.4 is 15.8 Å². The second-order valence-electron chi connectivity index (χ2n) is 7.05. The first kappa shape index (κ1) is 23.2. The van der Waals surface area contributed by atoms with Gasteiger partial charge in [-0.3, -0.25) is 0 Å². The predicted molar refractivity (Wildman–Crippen MR) is 129 cm³/mol. The number of halogens is 1. The van der Waals surface area contributed by atoms with Crippen LogP contribution in [0.15, 0.2) is 60.7 Å². The molecule has 1 heterocycles. The van der Waals surface area contributed by atoms with E-state index in [1.807, 2.05) is 54.6 Å². The van der Waals surface area contributed by atoms with E-state index in [1.165, 1.54) is 7.11 Å². The number of nitrogen functional groups attached to an aromatic ring is 1. The molecule has 0 saturated carbocycles. The third-order valence-corrected chi connectivity index (χ3v) is 4.93. The van der Waals surface area contributed by atoms with E-state index in [1.54, 1.807) is 12.1 Å². The summed E-state index contributed by atoms with van der Waals surface area (Å²) in [6.07, 6.45) is 5.74. The van der Waals surface area contributed by atoms with Crippen LogP contribution in [0.5, 0.6) is 5.75 Å². The smallest absolute Gasteiger partial charge is 0.360 e. The van der Waals surface area contributed by atoms with Gasteiger partial charge in [-0.15, -0.1) is 0 Å². The van der Waals surface area contributed by atoms with Gasteiger partial charge < -0.3 is 20.5 Å². The molecule has 0 aliphatic rings. The minimum absolute atomic E-state index is 0.0266. The number of carbonyl (C=O) groups is 1. The fourth-order valence-electron chi connectivity index (χ4n) is 3.05. The lowest BCUT2D eigenvalue weighted by atomic mass is 10.1. The Morgan fingerprint density at radius 1 is 1.16 bits per heavy atom. The van der Waals surface area contributed by atoms with Gasteiger partial charge in [0.1, 0.15) is 12.4 Å². The average Bonchev–Trinajstić information content (AvgIpc) is 2.81. The third-order valence-electron chi connectivity index (χ3n) is 4.68. The minimum atomic E-state index is -0.622. The Balaban J connectivity index is 2.11. The molecule has 0 saturated heterocycles. The van der Waals surface area contributed by atoms with Gasteiger partial charge >= 0.3 is 5.97 Å². The molecule has 3 aromatic rings. The first-order valence-corrected chi connectivity index (χ1v) is 10.7. The number of nitrogens with zero attached hydrogens (tertiary/aromatic N) is 1. The van der Waals surface area contributed by atoms with Crippen LogP contribution in [0.2, 0.25) is 5.02 Å². The fraction of sp³-hybridized carbons (Fsp3) is 0.200. The van der Waals surface area contributed by atoms with Gasteiger partial charge in [0, 0.05) is 16.3 Å². The molecule has 0 aliphatic heterocycles. The SMILES string of the molecule is CCC/C=C\c1c(Nc2ccc(Cl)cc2)c(N)nc(C(=O)OC)c1OCc1ccccc1. The van der Waals surface area contributed by atoms with Crippen molar-refractivity contribution in [2.75, 3.05) is 18.2 Å². The number of esters is 1. The molecule has 7 heteroatoms. The number of carbonyl (C=O) groups excluding carboxylic acids is 1. The summed E-state index contributed by atoms with van der Waals surface area (Å²) in [5, 5.41) is 3.91. The highest BCUT2D eigenvalue weighted by Crippen LogP contribution is 2.37. The van der Waals surface area contributed by atoms with Gasteiger partial charge in [0.25, 0.3) is 0 Å². The van der Waals surface area contributed by atoms with Gasteiger partial charge in [-0.1, -0.05) is 67.4 Å².